The van der Waals surface area contributed by atoms with E-state index in [0.29, 0.717) is 10.6 Å². The van der Waals surface area contributed by atoms with Gasteiger partial charge in [-0.15, -0.1) is 11.3 Å². The van der Waals surface area contributed by atoms with Crippen LogP contribution in [0.1, 0.15) is 11.1 Å². The molecule has 0 aliphatic heterocycles. The molecule has 1 N–H and O–H groups in total. The third-order valence-electron chi connectivity index (χ3n) is 3.59. The van der Waals surface area contributed by atoms with E-state index in [4.69, 9.17) is 0 Å². The van der Waals surface area contributed by atoms with E-state index in [-0.39, 0.29) is 22.4 Å². The molecule has 140 valence electrons. The van der Waals surface area contributed by atoms with Gasteiger partial charge in [0.25, 0.3) is 0 Å². The van der Waals surface area contributed by atoms with E-state index in [1.165, 1.54) is 11.3 Å². The first kappa shape index (κ1) is 19.4. The molecule has 0 aliphatic carbocycles. The van der Waals surface area contributed by atoms with Gasteiger partial charge < -0.3 is 5.32 Å². The zero-order valence-electron chi connectivity index (χ0n) is 14.2. The SMILES string of the molecule is Cc1ccc(NC(=O)CSc2cc(C(F)(F)F)cc(-c3cccs3)n2)cc1. The molecular weight excluding hydrogens is 393 g/mol. The minimum atomic E-state index is -4.48. The number of amides is 1. The summed E-state index contributed by atoms with van der Waals surface area (Å²) in [6, 6.07) is 12.7. The van der Waals surface area contributed by atoms with Gasteiger partial charge in [0, 0.05) is 5.69 Å². The number of carbonyl (C=O) groups excluding carboxylic acids is 1. The third-order valence-corrected chi connectivity index (χ3v) is 5.39. The van der Waals surface area contributed by atoms with Crippen LogP contribution in [0.25, 0.3) is 10.6 Å². The van der Waals surface area contributed by atoms with Crippen molar-refractivity contribution in [1.29, 1.82) is 0 Å². The van der Waals surface area contributed by atoms with Crippen molar-refractivity contribution in [3.05, 3.63) is 65.0 Å². The monoisotopic (exact) mass is 408 g/mol. The Bertz CT molecular complexity index is 923. The molecule has 3 aromatic rings. The quantitative estimate of drug-likeness (QED) is 0.537. The summed E-state index contributed by atoms with van der Waals surface area (Å²) in [5, 5.41) is 4.66. The van der Waals surface area contributed by atoms with Crippen molar-refractivity contribution in [1.82, 2.24) is 4.98 Å². The molecule has 8 heteroatoms. The molecule has 0 radical (unpaired) electrons. The lowest BCUT2D eigenvalue weighted by Crippen LogP contribution is -2.14. The Morgan fingerprint density at radius 3 is 2.56 bits per heavy atom. The van der Waals surface area contributed by atoms with Gasteiger partial charge in [-0.25, -0.2) is 4.98 Å². The molecule has 0 fully saturated rings. The van der Waals surface area contributed by atoms with Crippen LogP contribution in [0.3, 0.4) is 0 Å². The van der Waals surface area contributed by atoms with Gasteiger partial charge in [0.05, 0.1) is 26.9 Å². The van der Waals surface area contributed by atoms with E-state index in [1.54, 1.807) is 29.6 Å². The highest BCUT2D eigenvalue weighted by Gasteiger charge is 2.32. The van der Waals surface area contributed by atoms with Crippen LogP contribution in [-0.2, 0) is 11.0 Å². The fourth-order valence-electron chi connectivity index (χ4n) is 2.27. The second-order valence-corrected chi connectivity index (χ2v) is 7.70. The maximum absolute atomic E-state index is 13.2. The summed E-state index contributed by atoms with van der Waals surface area (Å²) in [4.78, 5) is 17.0. The summed E-state index contributed by atoms with van der Waals surface area (Å²) in [5.74, 6) is -0.341. The van der Waals surface area contributed by atoms with Crippen LogP contribution in [0.2, 0.25) is 0 Å². The predicted octanol–water partition coefficient (Wildman–Crippen LogP) is 5.87. The first-order valence-electron chi connectivity index (χ1n) is 7.94. The van der Waals surface area contributed by atoms with E-state index in [1.807, 2.05) is 19.1 Å². The standard InChI is InChI=1S/C19H15F3N2OS2/c1-12-4-6-14(7-5-12)23-17(25)11-27-18-10-13(19(20,21)22)9-15(24-18)16-3-2-8-26-16/h2-10H,11H2,1H3,(H,23,25). The maximum Gasteiger partial charge on any atom is 0.416 e. The number of aryl methyl sites for hydroxylation is 1. The number of halogens is 3. The molecule has 2 heterocycles. The third kappa shape index (κ3) is 5.33. The van der Waals surface area contributed by atoms with Gasteiger partial charge >= 0.3 is 6.18 Å². The molecule has 0 atom stereocenters. The second-order valence-electron chi connectivity index (χ2n) is 5.76. The van der Waals surface area contributed by atoms with E-state index >= 15 is 0 Å². The van der Waals surface area contributed by atoms with E-state index in [9.17, 15) is 18.0 Å². The molecule has 1 aromatic carbocycles. The summed E-state index contributed by atoms with van der Waals surface area (Å²) in [6.45, 7) is 1.94. The topological polar surface area (TPSA) is 42.0 Å². The molecule has 2 aromatic heterocycles. The van der Waals surface area contributed by atoms with Gasteiger partial charge in [-0.1, -0.05) is 35.5 Å². The number of hydrogen-bond donors (Lipinski definition) is 1. The molecule has 3 nitrogen and oxygen atoms in total. The van der Waals surface area contributed by atoms with Crippen LogP contribution >= 0.6 is 23.1 Å². The van der Waals surface area contributed by atoms with Gasteiger partial charge in [-0.3, -0.25) is 4.79 Å². The zero-order chi connectivity index (χ0) is 19.4. The lowest BCUT2D eigenvalue weighted by Gasteiger charge is -2.11. The summed E-state index contributed by atoms with van der Waals surface area (Å²) in [5.41, 5.74) is 1.18. The van der Waals surface area contributed by atoms with Crippen molar-refractivity contribution in [2.24, 2.45) is 0 Å². The molecule has 0 spiro atoms. The van der Waals surface area contributed by atoms with Gasteiger partial charge in [-0.2, -0.15) is 13.2 Å². The maximum atomic E-state index is 13.2. The summed E-state index contributed by atoms with van der Waals surface area (Å²) in [7, 11) is 0. The number of hydrogen-bond acceptors (Lipinski definition) is 4. The van der Waals surface area contributed by atoms with Crippen LogP contribution in [0.15, 0.2) is 58.9 Å². The lowest BCUT2D eigenvalue weighted by atomic mass is 10.2. The normalized spacial score (nSPS) is 11.4. The number of aromatic nitrogens is 1. The van der Waals surface area contributed by atoms with Crippen LogP contribution in [-0.4, -0.2) is 16.6 Å². The number of rotatable bonds is 5. The highest BCUT2D eigenvalue weighted by atomic mass is 32.2. The number of alkyl halides is 3. The molecule has 0 aliphatic rings. The van der Waals surface area contributed by atoms with Crippen LogP contribution < -0.4 is 5.32 Å². The molecule has 0 saturated carbocycles. The van der Waals surface area contributed by atoms with Crippen molar-refractivity contribution in [3.8, 4) is 10.6 Å². The molecule has 1 amide bonds. The second kappa shape index (κ2) is 8.14. The first-order valence-corrected chi connectivity index (χ1v) is 9.80. The van der Waals surface area contributed by atoms with Crippen molar-refractivity contribution >= 4 is 34.7 Å². The molecule has 0 saturated heterocycles. The smallest absolute Gasteiger partial charge is 0.325 e. The number of carbonyl (C=O) groups is 1. The highest BCUT2D eigenvalue weighted by Crippen LogP contribution is 2.35. The average molecular weight is 408 g/mol. The Morgan fingerprint density at radius 1 is 1.19 bits per heavy atom. The average Bonchev–Trinajstić information content (AvgIpc) is 3.16. The van der Waals surface area contributed by atoms with Crippen molar-refractivity contribution in [3.63, 3.8) is 0 Å². The Hall–Kier alpha value is -2.32. The van der Waals surface area contributed by atoms with Crippen LogP contribution in [0.5, 0.6) is 0 Å². The number of thiophene rings is 1. The van der Waals surface area contributed by atoms with Gasteiger partial charge in [0.2, 0.25) is 5.91 Å². The zero-order valence-corrected chi connectivity index (χ0v) is 15.8. The number of benzene rings is 1. The molecule has 27 heavy (non-hydrogen) atoms. The number of thioether (sulfide) groups is 1. The minimum Gasteiger partial charge on any atom is -0.325 e. The Balaban J connectivity index is 1.74. The van der Waals surface area contributed by atoms with Crippen LogP contribution in [0.4, 0.5) is 18.9 Å². The lowest BCUT2D eigenvalue weighted by molar-refractivity contribution is -0.137. The first-order chi connectivity index (χ1) is 12.8. The van der Waals surface area contributed by atoms with Gasteiger partial charge in [0.15, 0.2) is 0 Å². The van der Waals surface area contributed by atoms with Crippen molar-refractivity contribution in [2.75, 3.05) is 11.1 Å². The largest absolute Gasteiger partial charge is 0.416 e. The van der Waals surface area contributed by atoms with Crippen molar-refractivity contribution in [2.45, 2.75) is 18.1 Å². The van der Waals surface area contributed by atoms with Crippen molar-refractivity contribution < 1.29 is 18.0 Å². The molecule has 3 rings (SSSR count). The highest BCUT2D eigenvalue weighted by molar-refractivity contribution is 7.99. The van der Waals surface area contributed by atoms with Gasteiger partial charge in [0.1, 0.15) is 0 Å². The number of pyridine rings is 1. The fraction of sp³-hybridized carbons (Fsp3) is 0.158. The number of anilines is 1. The minimum absolute atomic E-state index is 0.0356. The number of nitrogens with one attached hydrogen (secondary N) is 1. The van der Waals surface area contributed by atoms with Crippen LogP contribution in [0, 0.1) is 6.92 Å². The van der Waals surface area contributed by atoms with E-state index < -0.39 is 11.7 Å². The molecular formula is C19H15F3N2OS2. The Labute approximate surface area is 162 Å². The Kier molecular flexibility index (Phi) is 5.86. The predicted molar refractivity (Wildman–Crippen MR) is 103 cm³/mol. The summed E-state index contributed by atoms with van der Waals surface area (Å²) in [6.07, 6.45) is -4.48. The van der Waals surface area contributed by atoms with Gasteiger partial charge in [-0.05, 0) is 42.6 Å². The number of nitrogens with zero attached hydrogens (tertiary/aromatic N) is 1. The Morgan fingerprint density at radius 2 is 1.93 bits per heavy atom. The van der Waals surface area contributed by atoms with E-state index in [0.717, 1.165) is 29.5 Å². The van der Waals surface area contributed by atoms with E-state index in [2.05, 4.69) is 10.3 Å². The summed E-state index contributed by atoms with van der Waals surface area (Å²) >= 11 is 2.29. The summed E-state index contributed by atoms with van der Waals surface area (Å²) < 4.78 is 39.6. The molecule has 0 unspecified atom stereocenters. The molecule has 0 bridgehead atoms. The fourth-order valence-corrected chi connectivity index (χ4v) is 3.68.